The van der Waals surface area contributed by atoms with E-state index in [1.165, 1.54) is 0 Å². The van der Waals surface area contributed by atoms with Crippen molar-refractivity contribution in [2.24, 2.45) is 11.8 Å². The third kappa shape index (κ3) is 3.07. The molecule has 4 nitrogen and oxygen atoms in total. The molecule has 1 fully saturated rings. The van der Waals surface area contributed by atoms with E-state index in [9.17, 15) is 9.90 Å². The van der Waals surface area contributed by atoms with Gasteiger partial charge in [-0.15, -0.1) is 0 Å². The lowest BCUT2D eigenvalue weighted by atomic mass is 9.96. The molecule has 0 spiro atoms. The average molecular weight is 262 g/mol. The van der Waals surface area contributed by atoms with Crippen molar-refractivity contribution in [2.75, 3.05) is 18.9 Å². The van der Waals surface area contributed by atoms with E-state index in [2.05, 4.69) is 5.32 Å². The van der Waals surface area contributed by atoms with E-state index in [1.807, 2.05) is 6.92 Å². The normalized spacial score (nSPS) is 22.4. The summed E-state index contributed by atoms with van der Waals surface area (Å²) in [6, 6.07) is 5.38. The topological polar surface area (TPSA) is 75.4 Å². The van der Waals surface area contributed by atoms with Crippen LogP contribution in [0.4, 0.5) is 5.69 Å². The van der Waals surface area contributed by atoms with Crippen molar-refractivity contribution in [3.05, 3.63) is 29.3 Å². The third-order valence-electron chi connectivity index (χ3n) is 4.20. The van der Waals surface area contributed by atoms with E-state index in [1.54, 1.807) is 18.2 Å². The molecule has 4 N–H and O–H groups in total. The second kappa shape index (κ2) is 6.06. The number of nitrogen functional groups attached to an aromatic ring is 1. The van der Waals surface area contributed by atoms with Crippen LogP contribution >= 0.6 is 0 Å². The first kappa shape index (κ1) is 13.9. The van der Waals surface area contributed by atoms with E-state index in [4.69, 9.17) is 5.73 Å². The highest BCUT2D eigenvalue weighted by Crippen LogP contribution is 2.30. The van der Waals surface area contributed by atoms with Gasteiger partial charge < -0.3 is 16.2 Å². The number of carbonyl (C=O) groups excluding carboxylic acids is 1. The van der Waals surface area contributed by atoms with E-state index < -0.39 is 0 Å². The highest BCUT2D eigenvalue weighted by molar-refractivity contribution is 5.96. The van der Waals surface area contributed by atoms with Gasteiger partial charge in [-0.2, -0.15) is 0 Å². The van der Waals surface area contributed by atoms with Crippen molar-refractivity contribution in [2.45, 2.75) is 26.2 Å². The molecule has 1 aliphatic rings. The number of aliphatic hydroxyl groups excluding tert-OH is 1. The molecule has 1 aliphatic carbocycles. The molecule has 104 valence electrons. The van der Waals surface area contributed by atoms with Crippen molar-refractivity contribution in [1.29, 1.82) is 0 Å². The van der Waals surface area contributed by atoms with Crippen molar-refractivity contribution in [3.8, 4) is 0 Å². The number of benzene rings is 1. The molecule has 2 atom stereocenters. The maximum atomic E-state index is 12.1. The Morgan fingerprint density at radius 3 is 2.89 bits per heavy atom. The number of rotatable bonds is 4. The zero-order valence-electron chi connectivity index (χ0n) is 11.4. The van der Waals surface area contributed by atoms with Gasteiger partial charge in [-0.1, -0.05) is 12.5 Å². The Hall–Kier alpha value is -1.55. The summed E-state index contributed by atoms with van der Waals surface area (Å²) < 4.78 is 0. The van der Waals surface area contributed by atoms with Crippen LogP contribution in [0.5, 0.6) is 0 Å². The molecule has 2 rings (SSSR count). The largest absolute Gasteiger partial charge is 0.398 e. The fourth-order valence-electron chi connectivity index (χ4n) is 2.84. The summed E-state index contributed by atoms with van der Waals surface area (Å²) in [6.07, 6.45) is 3.29. The van der Waals surface area contributed by atoms with Gasteiger partial charge in [0, 0.05) is 24.4 Å². The molecule has 0 aliphatic heterocycles. The van der Waals surface area contributed by atoms with Crippen LogP contribution in [0, 0.1) is 18.8 Å². The van der Waals surface area contributed by atoms with Gasteiger partial charge in [-0.05, 0) is 49.3 Å². The fourth-order valence-corrected chi connectivity index (χ4v) is 2.84. The van der Waals surface area contributed by atoms with Crippen molar-refractivity contribution < 1.29 is 9.90 Å². The lowest BCUT2D eigenvalue weighted by molar-refractivity contribution is 0.0937. The maximum absolute atomic E-state index is 12.1. The van der Waals surface area contributed by atoms with Crippen molar-refractivity contribution in [1.82, 2.24) is 5.32 Å². The van der Waals surface area contributed by atoms with Gasteiger partial charge in [0.2, 0.25) is 0 Å². The summed E-state index contributed by atoms with van der Waals surface area (Å²) >= 11 is 0. The standard InChI is InChI=1S/C15H22N2O2/c1-10-13(6-3-7-14(10)16)15(19)17-8-11-4-2-5-12(11)9-18/h3,6-7,11-12,18H,2,4-5,8-9,16H2,1H3,(H,17,19). The number of carbonyl (C=O) groups is 1. The zero-order chi connectivity index (χ0) is 13.8. The first-order chi connectivity index (χ1) is 9.13. The van der Waals surface area contributed by atoms with Crippen molar-refractivity contribution in [3.63, 3.8) is 0 Å². The summed E-state index contributed by atoms with van der Waals surface area (Å²) in [5.74, 6) is 0.658. The van der Waals surface area contributed by atoms with Gasteiger partial charge in [-0.3, -0.25) is 4.79 Å². The van der Waals surface area contributed by atoms with Crippen LogP contribution in [0.1, 0.15) is 35.2 Å². The lowest BCUT2D eigenvalue weighted by Gasteiger charge is -2.18. The summed E-state index contributed by atoms with van der Waals surface area (Å²) in [5, 5.41) is 12.2. The van der Waals surface area contributed by atoms with Gasteiger partial charge >= 0.3 is 0 Å². The lowest BCUT2D eigenvalue weighted by Crippen LogP contribution is -2.32. The second-order valence-electron chi connectivity index (χ2n) is 5.36. The highest BCUT2D eigenvalue weighted by atomic mass is 16.3. The highest BCUT2D eigenvalue weighted by Gasteiger charge is 2.26. The van der Waals surface area contributed by atoms with Crippen LogP contribution < -0.4 is 11.1 Å². The molecule has 0 bridgehead atoms. The number of nitrogens with two attached hydrogens (primary N) is 1. The SMILES string of the molecule is Cc1c(N)cccc1C(=O)NCC1CCCC1CO. The molecule has 0 heterocycles. The van der Waals surface area contributed by atoms with Crippen molar-refractivity contribution >= 4 is 11.6 Å². The molecular formula is C15H22N2O2. The van der Waals surface area contributed by atoms with E-state index in [-0.39, 0.29) is 12.5 Å². The molecule has 1 saturated carbocycles. The summed E-state index contributed by atoms with van der Waals surface area (Å²) in [5.41, 5.74) is 7.91. The van der Waals surface area contributed by atoms with E-state index in [0.717, 1.165) is 24.8 Å². The predicted molar refractivity (Wildman–Crippen MR) is 75.8 cm³/mol. The number of anilines is 1. The Bertz CT molecular complexity index is 459. The van der Waals surface area contributed by atoms with Crippen LogP contribution in [0.2, 0.25) is 0 Å². The smallest absolute Gasteiger partial charge is 0.251 e. The predicted octanol–water partition coefficient (Wildman–Crippen LogP) is 1.72. The number of nitrogens with one attached hydrogen (secondary N) is 1. The molecular weight excluding hydrogens is 240 g/mol. The van der Waals surface area contributed by atoms with Crippen LogP contribution in [-0.4, -0.2) is 24.2 Å². The molecule has 0 radical (unpaired) electrons. The third-order valence-corrected chi connectivity index (χ3v) is 4.20. The van der Waals surface area contributed by atoms with Crippen LogP contribution in [-0.2, 0) is 0 Å². The minimum absolute atomic E-state index is 0.0756. The molecule has 4 heteroatoms. The molecule has 1 amide bonds. The van der Waals surface area contributed by atoms with Crippen LogP contribution in [0.25, 0.3) is 0 Å². The Labute approximate surface area is 114 Å². The van der Waals surface area contributed by atoms with E-state index in [0.29, 0.717) is 29.6 Å². The van der Waals surface area contributed by atoms with Gasteiger partial charge in [-0.25, -0.2) is 0 Å². The molecule has 19 heavy (non-hydrogen) atoms. The Kier molecular flexibility index (Phi) is 4.43. The molecule has 0 aromatic heterocycles. The second-order valence-corrected chi connectivity index (χ2v) is 5.36. The molecule has 1 aromatic rings. The Morgan fingerprint density at radius 1 is 1.42 bits per heavy atom. The quantitative estimate of drug-likeness (QED) is 0.723. The number of aliphatic hydroxyl groups is 1. The number of amides is 1. The Balaban J connectivity index is 1.96. The fraction of sp³-hybridized carbons (Fsp3) is 0.533. The van der Waals surface area contributed by atoms with Crippen LogP contribution in [0.3, 0.4) is 0 Å². The number of hydrogen-bond acceptors (Lipinski definition) is 3. The minimum atomic E-state index is -0.0756. The first-order valence-electron chi connectivity index (χ1n) is 6.87. The van der Waals surface area contributed by atoms with Gasteiger partial charge in [0.05, 0.1) is 0 Å². The van der Waals surface area contributed by atoms with Gasteiger partial charge in [0.1, 0.15) is 0 Å². The minimum Gasteiger partial charge on any atom is -0.398 e. The van der Waals surface area contributed by atoms with Crippen LogP contribution in [0.15, 0.2) is 18.2 Å². The average Bonchev–Trinajstić information content (AvgIpc) is 2.86. The molecule has 0 saturated heterocycles. The summed E-state index contributed by atoms with van der Waals surface area (Å²) in [4.78, 5) is 12.1. The summed E-state index contributed by atoms with van der Waals surface area (Å²) in [6.45, 7) is 2.71. The van der Waals surface area contributed by atoms with Gasteiger partial charge in [0.15, 0.2) is 0 Å². The molecule has 2 unspecified atom stereocenters. The summed E-state index contributed by atoms with van der Waals surface area (Å²) in [7, 11) is 0. The monoisotopic (exact) mass is 262 g/mol. The zero-order valence-corrected chi connectivity index (χ0v) is 11.4. The van der Waals surface area contributed by atoms with Gasteiger partial charge in [0.25, 0.3) is 5.91 Å². The molecule has 1 aromatic carbocycles. The number of hydrogen-bond donors (Lipinski definition) is 3. The first-order valence-corrected chi connectivity index (χ1v) is 6.87. The maximum Gasteiger partial charge on any atom is 0.251 e. The van der Waals surface area contributed by atoms with E-state index >= 15 is 0 Å². The Morgan fingerprint density at radius 2 is 2.16 bits per heavy atom.